The maximum atomic E-state index is 11.4. The number of unbranched alkanes of at least 4 members (excludes halogenated alkanes) is 1. The third kappa shape index (κ3) is 8.56. The van der Waals surface area contributed by atoms with Crippen LogP contribution in [-0.4, -0.2) is 49.5 Å². The Kier molecular flexibility index (Phi) is 8.16. The van der Waals surface area contributed by atoms with Crippen LogP contribution >= 0.6 is 0 Å². The van der Waals surface area contributed by atoms with E-state index in [4.69, 9.17) is 14.6 Å². The monoisotopic (exact) mass is 273 g/mol. The van der Waals surface area contributed by atoms with Crippen LogP contribution in [0, 0.1) is 0 Å². The van der Waals surface area contributed by atoms with Gasteiger partial charge in [-0.15, -0.1) is 0 Å². The van der Waals surface area contributed by atoms with Gasteiger partial charge in [-0.3, -0.25) is 9.59 Å². The van der Waals surface area contributed by atoms with E-state index in [0.717, 1.165) is 26.1 Å². The zero-order valence-corrected chi connectivity index (χ0v) is 11.2. The van der Waals surface area contributed by atoms with E-state index in [-0.39, 0.29) is 18.4 Å². The molecule has 19 heavy (non-hydrogen) atoms. The first-order valence-electron chi connectivity index (χ1n) is 6.86. The number of rotatable bonds is 9. The first-order valence-corrected chi connectivity index (χ1v) is 6.86. The molecule has 6 heteroatoms. The second-order valence-corrected chi connectivity index (χ2v) is 4.63. The maximum Gasteiger partial charge on any atom is 0.303 e. The molecule has 1 heterocycles. The molecule has 1 rings (SSSR count). The van der Waals surface area contributed by atoms with Crippen molar-refractivity contribution in [1.29, 1.82) is 0 Å². The van der Waals surface area contributed by atoms with E-state index in [1.54, 1.807) is 0 Å². The third-order valence-electron chi connectivity index (χ3n) is 2.99. The Labute approximate surface area is 113 Å². The minimum atomic E-state index is -0.795. The first kappa shape index (κ1) is 15.9. The predicted molar refractivity (Wildman–Crippen MR) is 68.9 cm³/mol. The zero-order chi connectivity index (χ0) is 13.9. The molecule has 1 saturated heterocycles. The lowest BCUT2D eigenvalue weighted by Crippen LogP contribution is -2.28. The third-order valence-corrected chi connectivity index (χ3v) is 2.99. The lowest BCUT2D eigenvalue weighted by atomic mass is 10.1. The Bertz CT molecular complexity index is 276. The SMILES string of the molecule is O=C(O)CCCCNC(=O)CCOC1CCOCC1. The largest absolute Gasteiger partial charge is 0.481 e. The second-order valence-electron chi connectivity index (χ2n) is 4.63. The Morgan fingerprint density at radius 1 is 1.21 bits per heavy atom. The number of carboxylic acids is 1. The molecule has 0 spiro atoms. The summed E-state index contributed by atoms with van der Waals surface area (Å²) in [5.41, 5.74) is 0. The molecule has 0 unspecified atom stereocenters. The fourth-order valence-electron chi connectivity index (χ4n) is 1.88. The highest BCUT2D eigenvalue weighted by atomic mass is 16.5. The molecule has 6 nitrogen and oxygen atoms in total. The van der Waals surface area contributed by atoms with Gasteiger partial charge in [-0.2, -0.15) is 0 Å². The molecule has 1 fully saturated rings. The zero-order valence-electron chi connectivity index (χ0n) is 11.2. The van der Waals surface area contributed by atoms with Crippen molar-refractivity contribution in [1.82, 2.24) is 5.32 Å². The van der Waals surface area contributed by atoms with E-state index >= 15 is 0 Å². The fraction of sp³-hybridized carbons (Fsp3) is 0.846. The number of ether oxygens (including phenoxy) is 2. The van der Waals surface area contributed by atoms with Crippen molar-refractivity contribution in [3.8, 4) is 0 Å². The van der Waals surface area contributed by atoms with Crippen LogP contribution in [0.1, 0.15) is 38.5 Å². The summed E-state index contributed by atoms with van der Waals surface area (Å²) in [6.07, 6.45) is 3.82. The highest BCUT2D eigenvalue weighted by molar-refractivity contribution is 5.75. The molecule has 0 aromatic rings. The first-order chi connectivity index (χ1) is 9.18. The van der Waals surface area contributed by atoms with Crippen LogP contribution in [-0.2, 0) is 19.1 Å². The molecule has 1 aliphatic rings. The van der Waals surface area contributed by atoms with Crippen molar-refractivity contribution in [2.45, 2.75) is 44.6 Å². The van der Waals surface area contributed by atoms with Crippen molar-refractivity contribution >= 4 is 11.9 Å². The van der Waals surface area contributed by atoms with Gasteiger partial charge in [0.25, 0.3) is 0 Å². The number of carboxylic acid groups (broad SMARTS) is 1. The van der Waals surface area contributed by atoms with Gasteiger partial charge in [0.15, 0.2) is 0 Å². The molecule has 110 valence electrons. The lowest BCUT2D eigenvalue weighted by Gasteiger charge is -2.22. The lowest BCUT2D eigenvalue weighted by molar-refractivity contribution is -0.137. The molecule has 1 amide bonds. The molecular weight excluding hydrogens is 250 g/mol. The summed E-state index contributed by atoms with van der Waals surface area (Å²) in [6.45, 7) is 2.44. The van der Waals surface area contributed by atoms with E-state index in [9.17, 15) is 9.59 Å². The normalized spacial score (nSPS) is 16.2. The topological polar surface area (TPSA) is 84.9 Å². The van der Waals surface area contributed by atoms with Gasteiger partial charge in [0, 0.05) is 32.6 Å². The minimum absolute atomic E-state index is 0.0395. The molecule has 0 aromatic carbocycles. The highest BCUT2D eigenvalue weighted by Gasteiger charge is 2.14. The smallest absolute Gasteiger partial charge is 0.303 e. The van der Waals surface area contributed by atoms with Crippen molar-refractivity contribution in [2.24, 2.45) is 0 Å². The highest BCUT2D eigenvalue weighted by Crippen LogP contribution is 2.10. The van der Waals surface area contributed by atoms with Crippen LogP contribution in [0.4, 0.5) is 0 Å². The average Bonchev–Trinajstić information content (AvgIpc) is 2.39. The van der Waals surface area contributed by atoms with Gasteiger partial charge in [0.1, 0.15) is 0 Å². The molecule has 0 aliphatic carbocycles. The standard InChI is InChI=1S/C13H23NO5/c15-12(14-7-2-1-3-13(16)17)6-10-19-11-4-8-18-9-5-11/h11H,1-10H2,(H,14,15)(H,16,17). The molecule has 0 radical (unpaired) electrons. The summed E-state index contributed by atoms with van der Waals surface area (Å²) >= 11 is 0. The number of hydrogen-bond donors (Lipinski definition) is 2. The number of carbonyl (C=O) groups excluding carboxylic acids is 1. The van der Waals surface area contributed by atoms with E-state index in [1.165, 1.54) is 0 Å². The van der Waals surface area contributed by atoms with Crippen LogP contribution in [0.2, 0.25) is 0 Å². The van der Waals surface area contributed by atoms with Crippen molar-refractivity contribution < 1.29 is 24.2 Å². The van der Waals surface area contributed by atoms with Crippen LogP contribution in [0.3, 0.4) is 0 Å². The van der Waals surface area contributed by atoms with Gasteiger partial charge in [-0.1, -0.05) is 0 Å². The molecule has 0 atom stereocenters. The van der Waals surface area contributed by atoms with Crippen molar-refractivity contribution in [2.75, 3.05) is 26.4 Å². The Morgan fingerprint density at radius 3 is 2.63 bits per heavy atom. The van der Waals surface area contributed by atoms with Crippen LogP contribution < -0.4 is 5.32 Å². The van der Waals surface area contributed by atoms with Gasteiger partial charge in [0.2, 0.25) is 5.91 Å². The van der Waals surface area contributed by atoms with Crippen LogP contribution in [0.25, 0.3) is 0 Å². The predicted octanol–water partition coefficient (Wildman–Crippen LogP) is 0.943. The molecule has 0 bridgehead atoms. The van der Waals surface area contributed by atoms with Gasteiger partial charge < -0.3 is 19.9 Å². The summed E-state index contributed by atoms with van der Waals surface area (Å²) in [7, 11) is 0. The van der Waals surface area contributed by atoms with E-state index in [2.05, 4.69) is 5.32 Å². The van der Waals surface area contributed by atoms with Gasteiger partial charge in [-0.05, 0) is 25.7 Å². The summed E-state index contributed by atoms with van der Waals surface area (Å²) in [6, 6.07) is 0. The van der Waals surface area contributed by atoms with Crippen molar-refractivity contribution in [3.63, 3.8) is 0 Å². The summed E-state index contributed by atoms with van der Waals surface area (Å²) in [5, 5.41) is 11.2. The second kappa shape index (κ2) is 9.75. The maximum absolute atomic E-state index is 11.4. The quantitative estimate of drug-likeness (QED) is 0.611. The molecule has 2 N–H and O–H groups in total. The van der Waals surface area contributed by atoms with E-state index < -0.39 is 5.97 Å². The van der Waals surface area contributed by atoms with E-state index in [0.29, 0.717) is 32.4 Å². The summed E-state index contributed by atoms with van der Waals surface area (Å²) < 4.78 is 10.8. The number of nitrogens with one attached hydrogen (secondary N) is 1. The number of hydrogen-bond acceptors (Lipinski definition) is 4. The molecular formula is C13H23NO5. The number of aliphatic carboxylic acids is 1. The Morgan fingerprint density at radius 2 is 1.95 bits per heavy atom. The van der Waals surface area contributed by atoms with Crippen LogP contribution in [0.5, 0.6) is 0 Å². The molecule has 0 saturated carbocycles. The average molecular weight is 273 g/mol. The summed E-state index contributed by atoms with van der Waals surface area (Å²) in [5.74, 6) is -0.835. The minimum Gasteiger partial charge on any atom is -0.481 e. The number of carbonyl (C=O) groups is 2. The van der Waals surface area contributed by atoms with Gasteiger partial charge >= 0.3 is 5.97 Å². The Hall–Kier alpha value is -1.14. The molecule has 1 aliphatic heterocycles. The fourth-order valence-corrected chi connectivity index (χ4v) is 1.88. The van der Waals surface area contributed by atoms with Gasteiger partial charge in [0.05, 0.1) is 12.7 Å². The number of amides is 1. The van der Waals surface area contributed by atoms with E-state index in [1.807, 2.05) is 0 Å². The van der Waals surface area contributed by atoms with Crippen LogP contribution in [0.15, 0.2) is 0 Å². The Balaban J connectivity index is 1.91. The summed E-state index contributed by atoms with van der Waals surface area (Å²) in [4.78, 5) is 21.7. The van der Waals surface area contributed by atoms with Gasteiger partial charge in [-0.25, -0.2) is 0 Å². The van der Waals surface area contributed by atoms with Crippen molar-refractivity contribution in [3.05, 3.63) is 0 Å². The molecule has 0 aromatic heterocycles.